The molecule has 168 valence electrons. The van der Waals surface area contributed by atoms with Crippen molar-refractivity contribution in [3.05, 3.63) is 97.9 Å². The topological polar surface area (TPSA) is 83.6 Å². The average molecular weight is 489 g/mol. The number of carbonyl (C=O) groups excluding carboxylic acids is 1. The molecular formula is C26H17ClN2O4S. The highest BCUT2D eigenvalue weighted by Gasteiger charge is 2.45. The number of aromatic nitrogens is 1. The van der Waals surface area contributed by atoms with E-state index < -0.39 is 11.9 Å². The summed E-state index contributed by atoms with van der Waals surface area (Å²) in [6.45, 7) is 3.99. The number of carbonyl (C=O) groups is 1. The van der Waals surface area contributed by atoms with Gasteiger partial charge in [-0.15, -0.1) is 0 Å². The highest BCUT2D eigenvalue weighted by molar-refractivity contribution is 7.22. The van der Waals surface area contributed by atoms with Gasteiger partial charge in [0.25, 0.3) is 5.91 Å². The predicted molar refractivity (Wildman–Crippen MR) is 133 cm³/mol. The van der Waals surface area contributed by atoms with Crippen molar-refractivity contribution in [2.24, 2.45) is 0 Å². The Hall–Kier alpha value is -3.68. The number of fused-ring (bicyclic) bond motifs is 3. The maximum Gasteiger partial charge on any atom is 0.297 e. The number of halogens is 1. The summed E-state index contributed by atoms with van der Waals surface area (Å²) in [6.07, 6.45) is 0. The molecule has 1 N–H and O–H groups in total. The molecule has 1 amide bonds. The van der Waals surface area contributed by atoms with E-state index in [1.54, 1.807) is 36.4 Å². The van der Waals surface area contributed by atoms with E-state index in [9.17, 15) is 14.7 Å². The smallest absolute Gasteiger partial charge is 0.297 e. The van der Waals surface area contributed by atoms with E-state index in [2.05, 4.69) is 0 Å². The Kier molecular flexibility index (Phi) is 4.56. The first-order valence-corrected chi connectivity index (χ1v) is 11.8. The summed E-state index contributed by atoms with van der Waals surface area (Å²) in [5, 5.41) is 11.3. The molecule has 0 fully saturated rings. The summed E-state index contributed by atoms with van der Waals surface area (Å²) in [5.41, 5.74) is 3.64. The molecule has 8 heteroatoms. The van der Waals surface area contributed by atoms with Crippen LogP contribution in [0.5, 0.6) is 5.75 Å². The van der Waals surface area contributed by atoms with Gasteiger partial charge in [0.15, 0.2) is 10.6 Å². The van der Waals surface area contributed by atoms with Crippen molar-refractivity contribution in [1.29, 1.82) is 0 Å². The zero-order chi connectivity index (χ0) is 23.7. The first kappa shape index (κ1) is 20.9. The third-order valence-electron chi connectivity index (χ3n) is 6.04. The van der Waals surface area contributed by atoms with Crippen molar-refractivity contribution in [2.45, 2.75) is 19.9 Å². The summed E-state index contributed by atoms with van der Waals surface area (Å²) in [4.78, 5) is 33.7. The zero-order valence-electron chi connectivity index (χ0n) is 18.1. The molecule has 0 saturated heterocycles. The largest absolute Gasteiger partial charge is 0.508 e. The fourth-order valence-corrected chi connectivity index (χ4v) is 5.96. The summed E-state index contributed by atoms with van der Waals surface area (Å²) < 4.78 is 6.91. The minimum Gasteiger partial charge on any atom is -0.508 e. The molecule has 3 heterocycles. The molecule has 6 nitrogen and oxygen atoms in total. The van der Waals surface area contributed by atoms with Gasteiger partial charge in [-0.2, -0.15) is 0 Å². The van der Waals surface area contributed by atoms with Crippen LogP contribution < -0.4 is 10.3 Å². The fourth-order valence-electron chi connectivity index (χ4n) is 4.61. The minimum atomic E-state index is -0.809. The number of nitrogens with zero attached hydrogens (tertiary/aromatic N) is 2. The lowest BCUT2D eigenvalue weighted by Gasteiger charge is -2.22. The lowest BCUT2D eigenvalue weighted by Crippen LogP contribution is -2.29. The Morgan fingerprint density at radius 3 is 2.71 bits per heavy atom. The van der Waals surface area contributed by atoms with Gasteiger partial charge in [-0.25, -0.2) is 4.98 Å². The molecule has 2 aromatic heterocycles. The van der Waals surface area contributed by atoms with Crippen LogP contribution in [0.1, 0.15) is 38.9 Å². The summed E-state index contributed by atoms with van der Waals surface area (Å²) in [6, 6.07) is 14.5. The number of aromatic hydroxyl groups is 1. The van der Waals surface area contributed by atoms with Crippen LogP contribution in [-0.4, -0.2) is 16.0 Å². The van der Waals surface area contributed by atoms with Gasteiger partial charge in [0.1, 0.15) is 11.3 Å². The molecule has 0 spiro atoms. The molecule has 0 saturated carbocycles. The molecule has 34 heavy (non-hydrogen) atoms. The van der Waals surface area contributed by atoms with Crippen molar-refractivity contribution in [3.63, 3.8) is 0 Å². The Labute approximate surface area is 202 Å². The summed E-state index contributed by atoms with van der Waals surface area (Å²) >= 11 is 7.52. The number of rotatable bonds is 2. The minimum absolute atomic E-state index is 0.0275. The number of benzene rings is 3. The summed E-state index contributed by atoms with van der Waals surface area (Å²) in [5.74, 6) is -0.451. The van der Waals surface area contributed by atoms with Crippen LogP contribution in [-0.2, 0) is 0 Å². The first-order chi connectivity index (χ1) is 16.3. The van der Waals surface area contributed by atoms with Gasteiger partial charge in [-0.1, -0.05) is 41.1 Å². The number of thiazole rings is 1. The highest BCUT2D eigenvalue weighted by atomic mass is 35.5. The zero-order valence-corrected chi connectivity index (χ0v) is 19.7. The van der Waals surface area contributed by atoms with Gasteiger partial charge in [-0.3, -0.25) is 14.5 Å². The maximum atomic E-state index is 13.7. The maximum absolute atomic E-state index is 13.7. The number of phenolic OH excluding ortho intramolecular Hbond substituents is 1. The van der Waals surface area contributed by atoms with Gasteiger partial charge < -0.3 is 9.52 Å². The molecular weight excluding hydrogens is 472 g/mol. The van der Waals surface area contributed by atoms with E-state index in [0.29, 0.717) is 21.1 Å². The van der Waals surface area contributed by atoms with Crippen molar-refractivity contribution in [2.75, 3.05) is 4.90 Å². The predicted octanol–water partition coefficient (Wildman–Crippen LogP) is 6.13. The number of hydrogen-bond acceptors (Lipinski definition) is 6. The SMILES string of the molecule is Cc1cc(C)c2nc(N3C(=O)c4oc5ccc(Cl)cc5c(=O)c4C3c3cccc(O)c3)sc2c1. The number of hydrogen-bond donors (Lipinski definition) is 1. The fraction of sp³-hybridized carbons (Fsp3) is 0.115. The average Bonchev–Trinajstić information content (AvgIpc) is 3.33. The Balaban J connectivity index is 1.66. The third kappa shape index (κ3) is 3.04. The van der Waals surface area contributed by atoms with Crippen LogP contribution in [0.2, 0.25) is 5.02 Å². The summed E-state index contributed by atoms with van der Waals surface area (Å²) in [7, 11) is 0. The van der Waals surface area contributed by atoms with Crippen molar-refractivity contribution in [3.8, 4) is 5.75 Å². The monoisotopic (exact) mass is 488 g/mol. The van der Waals surface area contributed by atoms with E-state index in [0.717, 1.165) is 21.3 Å². The van der Waals surface area contributed by atoms with Gasteiger partial charge >= 0.3 is 0 Å². The molecule has 6 rings (SSSR count). The molecule has 1 aliphatic rings. The van der Waals surface area contributed by atoms with Crippen LogP contribution >= 0.6 is 22.9 Å². The Morgan fingerprint density at radius 1 is 1.09 bits per heavy atom. The molecule has 0 radical (unpaired) electrons. The van der Waals surface area contributed by atoms with Gasteiger partial charge in [-0.05, 0) is 66.9 Å². The standard InChI is InChI=1S/C26H17ClN2O4S/c1-12-8-13(2)21-19(9-12)34-26(28-21)29-22(14-4-3-5-16(30)10-14)20-23(31)17-11-15(27)6-7-18(17)33-24(20)25(29)32/h3-11,22,30H,1-2H3. The Morgan fingerprint density at radius 2 is 1.91 bits per heavy atom. The van der Waals surface area contributed by atoms with Crippen molar-refractivity contribution < 1.29 is 14.3 Å². The molecule has 1 atom stereocenters. The normalized spacial score (nSPS) is 15.4. The Bertz CT molecular complexity index is 1720. The third-order valence-corrected chi connectivity index (χ3v) is 7.28. The van der Waals surface area contributed by atoms with Crippen molar-refractivity contribution in [1.82, 2.24) is 4.98 Å². The number of aryl methyl sites for hydroxylation is 2. The lowest BCUT2D eigenvalue weighted by atomic mass is 9.98. The molecule has 5 aromatic rings. The van der Waals surface area contributed by atoms with Gasteiger partial charge in [0.2, 0.25) is 5.76 Å². The molecule has 3 aromatic carbocycles. The molecule has 0 aliphatic carbocycles. The molecule has 1 aliphatic heterocycles. The van der Waals surface area contributed by atoms with Gasteiger partial charge in [0, 0.05) is 5.02 Å². The number of anilines is 1. The second kappa shape index (κ2) is 7.41. The quantitative estimate of drug-likeness (QED) is 0.323. The second-order valence-electron chi connectivity index (χ2n) is 8.41. The van der Waals surface area contributed by atoms with E-state index in [1.165, 1.54) is 22.3 Å². The van der Waals surface area contributed by atoms with E-state index in [1.807, 2.05) is 26.0 Å². The van der Waals surface area contributed by atoms with E-state index in [4.69, 9.17) is 21.0 Å². The van der Waals surface area contributed by atoms with Crippen LogP contribution in [0.15, 0.2) is 63.8 Å². The number of phenols is 1. The van der Waals surface area contributed by atoms with Crippen LogP contribution in [0.4, 0.5) is 5.13 Å². The van der Waals surface area contributed by atoms with Crippen molar-refractivity contribution >= 4 is 55.2 Å². The van der Waals surface area contributed by atoms with Crippen LogP contribution in [0, 0.1) is 13.8 Å². The second-order valence-corrected chi connectivity index (χ2v) is 9.86. The number of amides is 1. The molecule has 1 unspecified atom stereocenters. The van der Waals surface area contributed by atoms with Gasteiger partial charge in [0.05, 0.1) is 27.2 Å². The first-order valence-electron chi connectivity index (χ1n) is 10.6. The highest BCUT2D eigenvalue weighted by Crippen LogP contribution is 2.44. The van der Waals surface area contributed by atoms with E-state index in [-0.39, 0.29) is 28.1 Å². The van der Waals surface area contributed by atoms with Crippen LogP contribution in [0.3, 0.4) is 0 Å². The van der Waals surface area contributed by atoms with E-state index >= 15 is 0 Å². The molecule has 0 bridgehead atoms. The van der Waals surface area contributed by atoms with Crippen LogP contribution in [0.25, 0.3) is 21.2 Å². The lowest BCUT2D eigenvalue weighted by molar-refractivity contribution is 0.0971.